The standard InChI is InChI=1S/C13H11Br2N3O3/c1-21-10-5-9(7(14)4-8(10)15)18-12(6-2-3-6)16-11(17-18)13(19)20/h4-6H,2-3H2,1H3,(H,19,20). The predicted octanol–water partition coefficient (Wildman–Crippen LogP) is 3.38. The van der Waals surface area contributed by atoms with Gasteiger partial charge in [0.2, 0.25) is 0 Å². The molecule has 0 spiro atoms. The van der Waals surface area contributed by atoms with Gasteiger partial charge in [-0.05, 0) is 50.8 Å². The van der Waals surface area contributed by atoms with Crippen molar-refractivity contribution >= 4 is 37.8 Å². The second kappa shape index (κ2) is 5.42. The summed E-state index contributed by atoms with van der Waals surface area (Å²) in [5.74, 6) is 0.272. The zero-order valence-electron chi connectivity index (χ0n) is 11.0. The summed E-state index contributed by atoms with van der Waals surface area (Å²) in [6.07, 6.45) is 2.01. The highest BCUT2D eigenvalue weighted by Gasteiger charge is 2.32. The molecule has 0 bridgehead atoms. The van der Waals surface area contributed by atoms with E-state index in [0.717, 1.165) is 21.8 Å². The van der Waals surface area contributed by atoms with Crippen molar-refractivity contribution in [1.29, 1.82) is 0 Å². The molecule has 110 valence electrons. The summed E-state index contributed by atoms with van der Waals surface area (Å²) in [5.41, 5.74) is 0.706. The molecular formula is C13H11Br2N3O3. The van der Waals surface area contributed by atoms with Crippen LogP contribution in [0.25, 0.3) is 5.69 Å². The van der Waals surface area contributed by atoms with Crippen molar-refractivity contribution < 1.29 is 14.6 Å². The molecule has 6 nitrogen and oxygen atoms in total. The quantitative estimate of drug-likeness (QED) is 0.826. The summed E-state index contributed by atoms with van der Waals surface area (Å²) < 4.78 is 8.45. The van der Waals surface area contributed by atoms with Crippen LogP contribution in [0.2, 0.25) is 0 Å². The van der Waals surface area contributed by atoms with Gasteiger partial charge in [0.25, 0.3) is 5.82 Å². The molecule has 0 amide bonds. The van der Waals surface area contributed by atoms with Crippen molar-refractivity contribution in [3.8, 4) is 11.4 Å². The fourth-order valence-corrected chi connectivity index (χ4v) is 3.36. The lowest BCUT2D eigenvalue weighted by Crippen LogP contribution is -2.05. The van der Waals surface area contributed by atoms with Crippen molar-refractivity contribution in [3.63, 3.8) is 0 Å². The highest BCUT2D eigenvalue weighted by molar-refractivity contribution is 9.11. The number of rotatable bonds is 4. The number of aromatic carboxylic acids is 1. The molecule has 0 unspecified atom stereocenters. The first kappa shape index (κ1) is 14.5. The minimum atomic E-state index is -1.13. The van der Waals surface area contributed by atoms with Gasteiger partial charge in [-0.3, -0.25) is 0 Å². The van der Waals surface area contributed by atoms with E-state index in [1.165, 1.54) is 0 Å². The zero-order chi connectivity index (χ0) is 15.1. The summed E-state index contributed by atoms with van der Waals surface area (Å²) in [5, 5.41) is 13.2. The lowest BCUT2D eigenvalue weighted by atomic mass is 10.3. The molecule has 1 aromatic heterocycles. The number of aromatic nitrogens is 3. The number of ether oxygens (including phenoxy) is 1. The van der Waals surface area contributed by atoms with Crippen LogP contribution in [0.1, 0.15) is 35.2 Å². The van der Waals surface area contributed by atoms with Crippen LogP contribution in [0.4, 0.5) is 0 Å². The molecule has 21 heavy (non-hydrogen) atoms. The van der Waals surface area contributed by atoms with Crippen molar-refractivity contribution in [3.05, 3.63) is 32.7 Å². The Bertz CT molecular complexity index is 726. The molecule has 3 rings (SSSR count). The molecule has 1 aliphatic rings. The maximum absolute atomic E-state index is 11.1. The van der Waals surface area contributed by atoms with Gasteiger partial charge in [-0.2, -0.15) is 0 Å². The summed E-state index contributed by atoms with van der Waals surface area (Å²) >= 11 is 6.88. The smallest absolute Gasteiger partial charge is 0.375 e. The van der Waals surface area contributed by atoms with Crippen LogP contribution in [0.15, 0.2) is 21.1 Å². The van der Waals surface area contributed by atoms with E-state index in [9.17, 15) is 4.79 Å². The molecular weight excluding hydrogens is 406 g/mol. The van der Waals surface area contributed by atoms with Gasteiger partial charge in [-0.1, -0.05) is 0 Å². The lowest BCUT2D eigenvalue weighted by molar-refractivity contribution is 0.0683. The van der Waals surface area contributed by atoms with E-state index in [1.54, 1.807) is 17.9 Å². The fraction of sp³-hybridized carbons (Fsp3) is 0.308. The third-order valence-electron chi connectivity index (χ3n) is 3.22. The van der Waals surface area contributed by atoms with E-state index >= 15 is 0 Å². The Morgan fingerprint density at radius 2 is 2.10 bits per heavy atom. The maximum Gasteiger partial charge on any atom is 0.375 e. The summed E-state index contributed by atoms with van der Waals surface area (Å²) in [6.45, 7) is 0. The van der Waals surface area contributed by atoms with Crippen LogP contribution in [0.5, 0.6) is 5.75 Å². The van der Waals surface area contributed by atoms with Crippen LogP contribution in [-0.2, 0) is 0 Å². The molecule has 0 saturated heterocycles. The van der Waals surface area contributed by atoms with E-state index in [1.807, 2.05) is 6.07 Å². The average Bonchev–Trinajstić information content (AvgIpc) is 3.18. The van der Waals surface area contributed by atoms with Crippen molar-refractivity contribution in [2.24, 2.45) is 0 Å². The number of halogens is 2. The topological polar surface area (TPSA) is 77.2 Å². The SMILES string of the molecule is COc1cc(-n2nc(C(=O)O)nc2C2CC2)c(Br)cc1Br. The van der Waals surface area contributed by atoms with Gasteiger partial charge in [0, 0.05) is 16.5 Å². The van der Waals surface area contributed by atoms with Crippen LogP contribution >= 0.6 is 31.9 Å². The largest absolute Gasteiger partial charge is 0.495 e. The van der Waals surface area contributed by atoms with Gasteiger partial charge in [0.1, 0.15) is 11.6 Å². The number of carboxylic acid groups (broad SMARTS) is 1. The Morgan fingerprint density at radius 3 is 2.67 bits per heavy atom. The van der Waals surface area contributed by atoms with E-state index < -0.39 is 5.97 Å². The Kier molecular flexibility index (Phi) is 3.75. The maximum atomic E-state index is 11.1. The van der Waals surface area contributed by atoms with Crippen LogP contribution in [-0.4, -0.2) is 33.0 Å². The first-order valence-electron chi connectivity index (χ1n) is 6.25. The normalized spacial score (nSPS) is 14.2. The molecule has 1 N–H and O–H groups in total. The molecule has 1 saturated carbocycles. The molecule has 1 aliphatic carbocycles. The number of hydrogen-bond acceptors (Lipinski definition) is 4. The zero-order valence-corrected chi connectivity index (χ0v) is 14.2. The monoisotopic (exact) mass is 415 g/mol. The highest BCUT2D eigenvalue weighted by Crippen LogP contribution is 2.41. The molecule has 1 fully saturated rings. The second-order valence-electron chi connectivity index (χ2n) is 4.72. The predicted molar refractivity (Wildman–Crippen MR) is 82.2 cm³/mol. The Labute approximate surface area is 137 Å². The minimum absolute atomic E-state index is 0.189. The molecule has 1 aromatic carbocycles. The van der Waals surface area contributed by atoms with E-state index in [0.29, 0.717) is 17.3 Å². The van der Waals surface area contributed by atoms with E-state index in [4.69, 9.17) is 9.84 Å². The first-order chi connectivity index (χ1) is 10.0. The number of carboxylic acids is 1. The van der Waals surface area contributed by atoms with Gasteiger partial charge in [-0.15, -0.1) is 5.10 Å². The van der Waals surface area contributed by atoms with Crippen molar-refractivity contribution in [2.45, 2.75) is 18.8 Å². The number of hydrogen-bond donors (Lipinski definition) is 1. The molecule has 1 heterocycles. The molecule has 8 heteroatoms. The van der Waals surface area contributed by atoms with Crippen LogP contribution < -0.4 is 4.74 Å². The van der Waals surface area contributed by atoms with Gasteiger partial charge in [0.15, 0.2) is 0 Å². The van der Waals surface area contributed by atoms with Crippen LogP contribution in [0, 0.1) is 0 Å². The fourth-order valence-electron chi connectivity index (χ4n) is 2.03. The van der Waals surface area contributed by atoms with Crippen molar-refractivity contribution in [1.82, 2.24) is 14.8 Å². The highest BCUT2D eigenvalue weighted by atomic mass is 79.9. The second-order valence-corrected chi connectivity index (χ2v) is 6.43. The molecule has 0 aliphatic heterocycles. The first-order valence-corrected chi connectivity index (χ1v) is 7.83. The Balaban J connectivity index is 2.17. The summed E-state index contributed by atoms with van der Waals surface area (Å²) in [6, 6.07) is 3.63. The number of nitrogens with zero attached hydrogens (tertiary/aromatic N) is 3. The third kappa shape index (κ3) is 2.69. The molecule has 2 aromatic rings. The average molecular weight is 417 g/mol. The van der Waals surface area contributed by atoms with Gasteiger partial charge in [0.05, 0.1) is 17.3 Å². The van der Waals surface area contributed by atoms with Gasteiger partial charge in [-0.25, -0.2) is 14.5 Å². The Morgan fingerprint density at radius 1 is 1.38 bits per heavy atom. The molecule has 0 atom stereocenters. The number of benzene rings is 1. The number of methoxy groups -OCH3 is 1. The lowest BCUT2D eigenvalue weighted by Gasteiger charge is -2.11. The minimum Gasteiger partial charge on any atom is -0.495 e. The summed E-state index contributed by atoms with van der Waals surface area (Å²) in [4.78, 5) is 15.3. The van der Waals surface area contributed by atoms with E-state index in [2.05, 4.69) is 41.9 Å². The van der Waals surface area contributed by atoms with Gasteiger partial charge < -0.3 is 9.84 Å². The molecule has 0 radical (unpaired) electrons. The Hall–Kier alpha value is -1.41. The van der Waals surface area contributed by atoms with Crippen LogP contribution in [0.3, 0.4) is 0 Å². The van der Waals surface area contributed by atoms with E-state index in [-0.39, 0.29) is 11.7 Å². The van der Waals surface area contributed by atoms with Crippen molar-refractivity contribution in [2.75, 3.05) is 7.11 Å². The summed E-state index contributed by atoms with van der Waals surface area (Å²) in [7, 11) is 1.57. The van der Waals surface area contributed by atoms with Gasteiger partial charge >= 0.3 is 5.97 Å². The number of carbonyl (C=O) groups is 1. The third-order valence-corrected chi connectivity index (χ3v) is 4.47.